The lowest BCUT2D eigenvalue weighted by atomic mass is 10.0. The molecule has 0 fully saturated rings. The zero-order valence-corrected chi connectivity index (χ0v) is 20.2. The maximum atomic E-state index is 13.5. The van der Waals surface area contributed by atoms with Gasteiger partial charge in [0.1, 0.15) is 10.8 Å². The number of nitrogens with zero attached hydrogens (tertiary/aromatic N) is 3. The van der Waals surface area contributed by atoms with Crippen LogP contribution in [0.5, 0.6) is 0 Å². The highest BCUT2D eigenvalue weighted by Crippen LogP contribution is 2.36. The molecule has 5 nitrogen and oxygen atoms in total. The number of benzene rings is 2. The second kappa shape index (κ2) is 9.45. The van der Waals surface area contributed by atoms with Crippen LogP contribution in [0.15, 0.2) is 60.1 Å². The third-order valence-electron chi connectivity index (χ3n) is 5.05. The van der Waals surface area contributed by atoms with E-state index in [9.17, 15) is 9.18 Å². The first kappa shape index (κ1) is 23.1. The van der Waals surface area contributed by atoms with Gasteiger partial charge in [-0.15, -0.1) is 11.3 Å². The van der Waals surface area contributed by atoms with Crippen LogP contribution >= 0.6 is 22.9 Å². The van der Waals surface area contributed by atoms with Crippen molar-refractivity contribution in [1.82, 2.24) is 20.1 Å². The minimum atomic E-state index is -0.289. The van der Waals surface area contributed by atoms with Crippen LogP contribution in [0.1, 0.15) is 32.0 Å². The van der Waals surface area contributed by atoms with Gasteiger partial charge < -0.3 is 5.32 Å². The SMILES string of the molecule is CC(C)(C)n1ncc(-c2nc(CC(=O)NCc3ccc(Cl)cc3)cs2)c1-c1ccc(F)cc1. The van der Waals surface area contributed by atoms with Crippen molar-refractivity contribution in [1.29, 1.82) is 0 Å². The average molecular weight is 483 g/mol. The van der Waals surface area contributed by atoms with E-state index in [4.69, 9.17) is 16.6 Å². The molecule has 0 saturated heterocycles. The molecule has 2 aromatic carbocycles. The average Bonchev–Trinajstić information content (AvgIpc) is 3.41. The summed E-state index contributed by atoms with van der Waals surface area (Å²) in [5, 5.41) is 10.8. The minimum Gasteiger partial charge on any atom is -0.352 e. The Labute approximate surface area is 201 Å². The number of halogens is 2. The molecule has 33 heavy (non-hydrogen) atoms. The van der Waals surface area contributed by atoms with Crippen LogP contribution in [0.4, 0.5) is 4.39 Å². The number of nitrogens with one attached hydrogen (secondary N) is 1. The normalized spacial score (nSPS) is 11.5. The molecule has 2 heterocycles. The number of carbonyl (C=O) groups excluding carboxylic acids is 1. The van der Waals surface area contributed by atoms with Crippen molar-refractivity contribution in [3.05, 3.63) is 82.2 Å². The van der Waals surface area contributed by atoms with Gasteiger partial charge in [0, 0.05) is 22.5 Å². The third-order valence-corrected chi connectivity index (χ3v) is 6.23. The quantitative estimate of drug-likeness (QED) is 0.362. The van der Waals surface area contributed by atoms with Gasteiger partial charge in [0.25, 0.3) is 0 Å². The minimum absolute atomic E-state index is 0.106. The standard InChI is InChI=1S/C25H24ClFN4OS/c1-25(2,3)31-23(17-6-10-19(27)11-7-17)21(14-29-31)24-30-20(15-33-24)12-22(32)28-13-16-4-8-18(26)9-5-16/h4-11,14-15H,12-13H2,1-3H3,(H,28,32). The molecule has 2 aromatic heterocycles. The summed E-state index contributed by atoms with van der Waals surface area (Å²) < 4.78 is 15.4. The second-order valence-corrected chi connectivity index (χ2v) is 10.0. The maximum Gasteiger partial charge on any atom is 0.226 e. The molecule has 0 radical (unpaired) electrons. The van der Waals surface area contributed by atoms with Gasteiger partial charge in [0.2, 0.25) is 5.91 Å². The Balaban J connectivity index is 1.54. The predicted octanol–water partition coefficient (Wildman–Crippen LogP) is 6.08. The molecule has 8 heteroatoms. The van der Waals surface area contributed by atoms with Crippen LogP contribution in [-0.4, -0.2) is 20.7 Å². The molecule has 4 aromatic rings. The van der Waals surface area contributed by atoms with Crippen molar-refractivity contribution in [2.75, 3.05) is 0 Å². The van der Waals surface area contributed by atoms with E-state index in [2.05, 4.69) is 31.2 Å². The van der Waals surface area contributed by atoms with Crippen molar-refractivity contribution in [3.8, 4) is 21.8 Å². The highest BCUT2D eigenvalue weighted by molar-refractivity contribution is 7.13. The third kappa shape index (κ3) is 5.49. The molecule has 170 valence electrons. The molecular weight excluding hydrogens is 459 g/mol. The number of aromatic nitrogens is 3. The van der Waals surface area contributed by atoms with Gasteiger partial charge in [-0.05, 0) is 62.7 Å². The molecule has 1 N–H and O–H groups in total. The second-order valence-electron chi connectivity index (χ2n) is 8.72. The molecule has 0 aliphatic heterocycles. The number of amides is 1. The van der Waals surface area contributed by atoms with E-state index in [0.717, 1.165) is 27.4 Å². The molecule has 0 atom stereocenters. The zero-order chi connectivity index (χ0) is 23.6. The summed E-state index contributed by atoms with van der Waals surface area (Å²) >= 11 is 7.36. The lowest BCUT2D eigenvalue weighted by Gasteiger charge is -2.23. The summed E-state index contributed by atoms with van der Waals surface area (Å²) in [6.07, 6.45) is 1.97. The van der Waals surface area contributed by atoms with Crippen LogP contribution in [0.2, 0.25) is 5.02 Å². The Morgan fingerprint density at radius 1 is 1.12 bits per heavy atom. The summed E-state index contributed by atoms with van der Waals surface area (Å²) in [4.78, 5) is 17.1. The summed E-state index contributed by atoms with van der Waals surface area (Å²) in [6, 6.07) is 13.7. The van der Waals surface area contributed by atoms with Gasteiger partial charge >= 0.3 is 0 Å². The summed E-state index contributed by atoms with van der Waals surface area (Å²) in [5.74, 6) is -0.394. The summed E-state index contributed by atoms with van der Waals surface area (Å²) in [5.41, 5.74) is 3.98. The number of carbonyl (C=O) groups is 1. The van der Waals surface area contributed by atoms with E-state index in [-0.39, 0.29) is 23.7 Å². The number of hydrogen-bond acceptors (Lipinski definition) is 4. The Morgan fingerprint density at radius 2 is 1.82 bits per heavy atom. The molecule has 0 saturated carbocycles. The first-order chi connectivity index (χ1) is 15.7. The largest absolute Gasteiger partial charge is 0.352 e. The number of thiazole rings is 1. The van der Waals surface area contributed by atoms with E-state index < -0.39 is 0 Å². The van der Waals surface area contributed by atoms with Gasteiger partial charge in [-0.25, -0.2) is 9.37 Å². The van der Waals surface area contributed by atoms with Crippen LogP contribution in [0.3, 0.4) is 0 Å². The van der Waals surface area contributed by atoms with Crippen molar-refractivity contribution in [2.24, 2.45) is 0 Å². The molecule has 0 bridgehead atoms. The van der Waals surface area contributed by atoms with Crippen molar-refractivity contribution < 1.29 is 9.18 Å². The van der Waals surface area contributed by atoms with E-state index in [1.807, 2.05) is 22.2 Å². The maximum absolute atomic E-state index is 13.5. The van der Waals surface area contributed by atoms with Crippen molar-refractivity contribution >= 4 is 28.8 Å². The molecule has 0 spiro atoms. The first-order valence-corrected chi connectivity index (χ1v) is 11.8. The molecular formula is C25H24ClFN4OS. The molecule has 1 amide bonds. The van der Waals surface area contributed by atoms with Crippen LogP contribution in [0.25, 0.3) is 21.8 Å². The van der Waals surface area contributed by atoms with Crippen molar-refractivity contribution in [3.63, 3.8) is 0 Å². The fraction of sp³-hybridized carbons (Fsp3) is 0.240. The lowest BCUT2D eigenvalue weighted by molar-refractivity contribution is -0.120. The van der Waals surface area contributed by atoms with Gasteiger partial charge in [-0.1, -0.05) is 23.7 Å². The smallest absolute Gasteiger partial charge is 0.226 e. The monoisotopic (exact) mass is 482 g/mol. The highest BCUT2D eigenvalue weighted by atomic mass is 35.5. The highest BCUT2D eigenvalue weighted by Gasteiger charge is 2.24. The zero-order valence-electron chi connectivity index (χ0n) is 18.6. The van der Waals surface area contributed by atoms with Gasteiger partial charge in [0.05, 0.1) is 35.1 Å². The van der Waals surface area contributed by atoms with E-state index in [0.29, 0.717) is 17.3 Å². The fourth-order valence-electron chi connectivity index (χ4n) is 3.44. The lowest BCUT2D eigenvalue weighted by Crippen LogP contribution is -2.24. The summed E-state index contributed by atoms with van der Waals surface area (Å²) in [7, 11) is 0. The van der Waals surface area contributed by atoms with Crippen LogP contribution in [-0.2, 0) is 23.3 Å². The molecule has 0 aliphatic rings. The van der Waals surface area contributed by atoms with Gasteiger partial charge in [0.15, 0.2) is 0 Å². The van der Waals surface area contributed by atoms with E-state index in [1.54, 1.807) is 30.5 Å². The molecule has 0 unspecified atom stereocenters. The topological polar surface area (TPSA) is 59.8 Å². The molecule has 0 aliphatic carbocycles. The number of rotatable bonds is 6. The van der Waals surface area contributed by atoms with Crippen LogP contribution < -0.4 is 5.32 Å². The summed E-state index contributed by atoms with van der Waals surface area (Å²) in [6.45, 7) is 6.62. The Bertz CT molecular complexity index is 1260. The Hall–Kier alpha value is -3.03. The van der Waals surface area contributed by atoms with E-state index in [1.165, 1.54) is 23.5 Å². The number of hydrogen-bond donors (Lipinski definition) is 1. The Kier molecular flexibility index (Phi) is 6.63. The van der Waals surface area contributed by atoms with Gasteiger partial charge in [-0.2, -0.15) is 5.10 Å². The predicted molar refractivity (Wildman–Crippen MR) is 131 cm³/mol. The first-order valence-electron chi connectivity index (χ1n) is 10.5. The molecule has 4 rings (SSSR count). The fourth-order valence-corrected chi connectivity index (χ4v) is 4.40. The van der Waals surface area contributed by atoms with Gasteiger partial charge in [-0.3, -0.25) is 9.48 Å². The van der Waals surface area contributed by atoms with E-state index >= 15 is 0 Å². The van der Waals surface area contributed by atoms with Crippen LogP contribution in [0, 0.1) is 5.82 Å². The van der Waals surface area contributed by atoms with Crippen molar-refractivity contribution in [2.45, 2.75) is 39.3 Å². The Morgan fingerprint density at radius 3 is 2.48 bits per heavy atom.